The van der Waals surface area contributed by atoms with Gasteiger partial charge in [-0.1, -0.05) is 6.92 Å². The highest BCUT2D eigenvalue weighted by Crippen LogP contribution is 2.66. The number of hydrogen-bond acceptors (Lipinski definition) is 4. The number of fused-ring (bicyclic) bond motifs is 5. The largest absolute Gasteiger partial charge is 0.388 e. The summed E-state index contributed by atoms with van der Waals surface area (Å²) < 4.78 is -0.170. The Balaban J connectivity index is 1.72. The second-order valence-corrected chi connectivity index (χ2v) is 9.81. The van der Waals surface area contributed by atoms with Gasteiger partial charge in [-0.3, -0.25) is 9.59 Å². The lowest BCUT2D eigenvalue weighted by molar-refractivity contribution is -0.152. The van der Waals surface area contributed by atoms with E-state index in [2.05, 4.69) is 13.2 Å². The molecule has 0 bridgehead atoms. The lowest BCUT2D eigenvalue weighted by Gasteiger charge is -2.62. The van der Waals surface area contributed by atoms with Gasteiger partial charge in [0.2, 0.25) is 0 Å². The van der Waals surface area contributed by atoms with Gasteiger partial charge in [0.15, 0.2) is 0 Å². The van der Waals surface area contributed by atoms with Crippen molar-refractivity contribution in [3.63, 3.8) is 0 Å². The van der Waals surface area contributed by atoms with Crippen molar-refractivity contribution in [3.05, 3.63) is 0 Å². The third-order valence-electron chi connectivity index (χ3n) is 8.05. The van der Waals surface area contributed by atoms with Crippen molar-refractivity contribution in [2.75, 3.05) is 6.26 Å². The average Bonchev–Trinajstić information content (AvgIpc) is 2.82. The van der Waals surface area contributed by atoms with Crippen molar-refractivity contribution in [1.29, 1.82) is 0 Å². The number of carbonyl (C=O) groups is 2. The number of aliphatic hydroxyl groups is 1. The van der Waals surface area contributed by atoms with Crippen molar-refractivity contribution in [3.8, 4) is 0 Å². The Morgan fingerprint density at radius 2 is 1.83 bits per heavy atom. The molecule has 0 aromatic carbocycles. The van der Waals surface area contributed by atoms with E-state index >= 15 is 0 Å². The highest BCUT2D eigenvalue weighted by Gasteiger charge is 2.66. The first-order chi connectivity index (χ1) is 10.9. The summed E-state index contributed by atoms with van der Waals surface area (Å²) in [5, 5.41) is 11.4. The molecule has 0 amide bonds. The zero-order valence-corrected chi connectivity index (χ0v) is 15.1. The van der Waals surface area contributed by atoms with Gasteiger partial charge in [-0.25, -0.2) is 0 Å². The molecule has 0 aromatic heterocycles. The molecule has 0 spiro atoms. The molecule has 23 heavy (non-hydrogen) atoms. The molecule has 1 N–H and O–H groups in total. The third-order valence-corrected chi connectivity index (χ3v) is 9.67. The summed E-state index contributed by atoms with van der Waals surface area (Å²) in [7, 11) is 0. The quantitative estimate of drug-likeness (QED) is 0.797. The molecular weight excluding hydrogens is 308 g/mol. The lowest BCUT2D eigenvalue weighted by atomic mass is 9.49. The zero-order chi connectivity index (χ0) is 16.5. The Bertz CT molecular complexity index is 561. The van der Waals surface area contributed by atoms with Crippen LogP contribution in [0.2, 0.25) is 0 Å². The molecule has 4 aliphatic carbocycles. The number of thioether (sulfide) groups is 1. The molecule has 4 aliphatic rings. The minimum absolute atomic E-state index is 0.110. The molecule has 6 atom stereocenters. The standard InChI is InChI=1S/C19H28O3S/c1-17-8-7-15-13(14(17)3-4-16(17)21)6-9-18(22)11-12(20)5-10-19(15,18)23-2/h13-15,22H,3-11H2,1-2H3/t13-,14-,15-,17-,18+,19-/m0/s1. The summed E-state index contributed by atoms with van der Waals surface area (Å²) in [6.07, 6.45) is 9.44. The van der Waals surface area contributed by atoms with Crippen LogP contribution < -0.4 is 0 Å². The fourth-order valence-corrected chi connectivity index (χ4v) is 8.30. The van der Waals surface area contributed by atoms with Crippen LogP contribution in [-0.4, -0.2) is 33.3 Å². The maximum Gasteiger partial charge on any atom is 0.139 e. The Hall–Kier alpha value is -0.350. The first kappa shape index (κ1) is 16.1. The molecule has 4 rings (SSSR count). The topological polar surface area (TPSA) is 54.4 Å². The number of carbonyl (C=O) groups excluding carboxylic acids is 2. The molecule has 0 unspecified atom stereocenters. The van der Waals surface area contributed by atoms with Gasteiger partial charge < -0.3 is 5.11 Å². The van der Waals surface area contributed by atoms with Crippen molar-refractivity contribution < 1.29 is 14.7 Å². The molecular formula is C19H28O3S. The molecule has 4 saturated carbocycles. The van der Waals surface area contributed by atoms with Crippen LogP contribution in [0.15, 0.2) is 0 Å². The van der Waals surface area contributed by atoms with E-state index in [0.29, 0.717) is 36.4 Å². The Morgan fingerprint density at radius 3 is 2.57 bits per heavy atom. The van der Waals surface area contributed by atoms with E-state index in [1.54, 1.807) is 0 Å². The minimum atomic E-state index is -0.820. The average molecular weight is 336 g/mol. The fourth-order valence-electron chi connectivity index (χ4n) is 6.84. The van der Waals surface area contributed by atoms with E-state index in [1.807, 2.05) is 11.8 Å². The van der Waals surface area contributed by atoms with Crippen molar-refractivity contribution in [2.24, 2.45) is 23.2 Å². The summed E-state index contributed by atoms with van der Waals surface area (Å²) in [5.74, 6) is 2.22. The SMILES string of the molecule is CS[C@]12CCC(=O)C[C@]1(O)CC[C@@H]1[C@@H]2CC[C@]2(C)C(=O)CC[C@@H]12. The molecule has 0 saturated heterocycles. The molecule has 128 valence electrons. The molecule has 0 aliphatic heterocycles. The first-order valence-corrected chi connectivity index (χ1v) is 10.4. The highest BCUT2D eigenvalue weighted by atomic mass is 32.2. The van der Waals surface area contributed by atoms with Gasteiger partial charge in [0.05, 0.1) is 5.60 Å². The smallest absolute Gasteiger partial charge is 0.139 e. The number of ketones is 2. The van der Waals surface area contributed by atoms with Gasteiger partial charge in [0.25, 0.3) is 0 Å². The predicted molar refractivity (Wildman–Crippen MR) is 91.3 cm³/mol. The van der Waals surface area contributed by atoms with E-state index in [9.17, 15) is 14.7 Å². The van der Waals surface area contributed by atoms with Gasteiger partial charge in [-0.05, 0) is 62.5 Å². The van der Waals surface area contributed by atoms with Crippen LogP contribution in [0.4, 0.5) is 0 Å². The molecule has 0 radical (unpaired) electrons. The number of Topliss-reactive ketones (excluding diaryl/α,β-unsaturated/α-hetero) is 2. The van der Waals surface area contributed by atoms with Crippen molar-refractivity contribution in [1.82, 2.24) is 0 Å². The Labute approximate surface area is 143 Å². The zero-order valence-electron chi connectivity index (χ0n) is 14.3. The van der Waals surface area contributed by atoms with Crippen LogP contribution in [0.3, 0.4) is 0 Å². The van der Waals surface area contributed by atoms with Gasteiger partial charge in [0.1, 0.15) is 11.6 Å². The second kappa shape index (κ2) is 5.08. The first-order valence-electron chi connectivity index (χ1n) is 9.19. The lowest BCUT2D eigenvalue weighted by Crippen LogP contribution is -2.66. The van der Waals surface area contributed by atoms with Crippen LogP contribution in [-0.2, 0) is 9.59 Å². The minimum Gasteiger partial charge on any atom is -0.388 e. The fraction of sp³-hybridized carbons (Fsp3) is 0.895. The van der Waals surface area contributed by atoms with E-state index in [1.165, 1.54) is 0 Å². The molecule has 4 heteroatoms. The highest BCUT2D eigenvalue weighted by molar-refractivity contribution is 8.00. The second-order valence-electron chi connectivity index (χ2n) is 8.67. The van der Waals surface area contributed by atoms with E-state index in [-0.39, 0.29) is 15.9 Å². The summed E-state index contributed by atoms with van der Waals surface area (Å²) in [6.45, 7) is 2.19. The van der Waals surface area contributed by atoms with Gasteiger partial charge in [0, 0.05) is 29.4 Å². The predicted octanol–water partition coefficient (Wildman–Crippen LogP) is 3.38. The van der Waals surface area contributed by atoms with Gasteiger partial charge in [-0.15, -0.1) is 0 Å². The monoisotopic (exact) mass is 336 g/mol. The summed E-state index contributed by atoms with van der Waals surface area (Å²) in [5.41, 5.74) is -0.931. The Morgan fingerprint density at radius 1 is 1.04 bits per heavy atom. The van der Waals surface area contributed by atoms with E-state index in [4.69, 9.17) is 0 Å². The summed E-state index contributed by atoms with van der Waals surface area (Å²) in [6, 6.07) is 0. The maximum absolute atomic E-state index is 12.4. The van der Waals surface area contributed by atoms with Crippen LogP contribution in [0.25, 0.3) is 0 Å². The number of hydrogen-bond donors (Lipinski definition) is 1. The normalized spacial score (nSPS) is 52.7. The molecule has 0 heterocycles. The van der Waals surface area contributed by atoms with Gasteiger partial charge in [-0.2, -0.15) is 11.8 Å². The number of rotatable bonds is 1. The van der Waals surface area contributed by atoms with E-state index in [0.717, 1.165) is 44.9 Å². The van der Waals surface area contributed by atoms with Gasteiger partial charge >= 0.3 is 0 Å². The van der Waals surface area contributed by atoms with Crippen LogP contribution in [0.1, 0.15) is 64.7 Å². The van der Waals surface area contributed by atoms with E-state index < -0.39 is 5.60 Å². The van der Waals surface area contributed by atoms with Crippen LogP contribution >= 0.6 is 11.8 Å². The summed E-state index contributed by atoms with van der Waals surface area (Å²) in [4.78, 5) is 24.4. The molecule has 4 fully saturated rings. The molecule has 0 aromatic rings. The van der Waals surface area contributed by atoms with Crippen molar-refractivity contribution in [2.45, 2.75) is 75.1 Å². The maximum atomic E-state index is 12.4. The summed E-state index contributed by atoms with van der Waals surface area (Å²) >= 11 is 1.81. The van der Waals surface area contributed by atoms with Crippen LogP contribution in [0, 0.1) is 23.2 Å². The van der Waals surface area contributed by atoms with Crippen molar-refractivity contribution >= 4 is 23.3 Å². The Kier molecular flexibility index (Phi) is 3.56. The third kappa shape index (κ3) is 1.94. The van der Waals surface area contributed by atoms with Crippen LogP contribution in [0.5, 0.6) is 0 Å². The molecule has 3 nitrogen and oxygen atoms in total.